The average molecular weight is 417 g/mol. The standard InChI is InChI=1S/C21H21ClN2O3S/c22-16-5-1-3-14(11-16)19(25)13-23-8-9-24-17-6-2-4-15(12-17)20-18(21(26)27)7-10-28-20/h1-7,10-12,19,23-25H,8-9,13H2,(H,26,27)/t19-/m0/s1. The van der Waals surface area contributed by atoms with Gasteiger partial charge in [-0.1, -0.05) is 35.9 Å². The van der Waals surface area contributed by atoms with Crippen molar-refractivity contribution in [1.29, 1.82) is 0 Å². The average Bonchev–Trinajstić information content (AvgIpc) is 3.18. The zero-order valence-electron chi connectivity index (χ0n) is 15.1. The minimum Gasteiger partial charge on any atom is -0.478 e. The van der Waals surface area contributed by atoms with Crippen molar-refractivity contribution in [3.8, 4) is 10.4 Å². The molecule has 4 N–H and O–H groups in total. The molecule has 0 unspecified atom stereocenters. The zero-order chi connectivity index (χ0) is 19.9. The summed E-state index contributed by atoms with van der Waals surface area (Å²) in [6, 6.07) is 16.5. The summed E-state index contributed by atoms with van der Waals surface area (Å²) >= 11 is 7.36. The van der Waals surface area contributed by atoms with Gasteiger partial charge in [-0.05, 0) is 46.8 Å². The molecule has 1 atom stereocenters. The predicted octanol–water partition coefficient (Wildman–Crippen LogP) is 4.50. The Morgan fingerprint density at radius 1 is 1.11 bits per heavy atom. The molecule has 5 nitrogen and oxygen atoms in total. The van der Waals surface area contributed by atoms with Crippen molar-refractivity contribution in [2.45, 2.75) is 6.10 Å². The number of thiophene rings is 1. The number of rotatable bonds is 9. The maximum Gasteiger partial charge on any atom is 0.337 e. The van der Waals surface area contributed by atoms with Crippen LogP contribution in [0.5, 0.6) is 0 Å². The summed E-state index contributed by atoms with van der Waals surface area (Å²) in [5, 5.41) is 28.4. The van der Waals surface area contributed by atoms with Crippen LogP contribution in [0.3, 0.4) is 0 Å². The highest BCUT2D eigenvalue weighted by atomic mass is 35.5. The number of aliphatic hydroxyl groups is 1. The highest BCUT2D eigenvalue weighted by molar-refractivity contribution is 7.14. The summed E-state index contributed by atoms with van der Waals surface area (Å²) in [4.78, 5) is 12.1. The Kier molecular flexibility index (Phi) is 7.06. The lowest BCUT2D eigenvalue weighted by molar-refractivity contribution is 0.0698. The highest BCUT2D eigenvalue weighted by Gasteiger charge is 2.13. The van der Waals surface area contributed by atoms with E-state index in [4.69, 9.17) is 11.6 Å². The van der Waals surface area contributed by atoms with Crippen molar-refractivity contribution in [2.75, 3.05) is 25.0 Å². The Morgan fingerprint density at radius 2 is 1.93 bits per heavy atom. The molecular weight excluding hydrogens is 396 g/mol. The number of carboxylic acids is 1. The van der Waals surface area contributed by atoms with E-state index >= 15 is 0 Å². The van der Waals surface area contributed by atoms with Crippen molar-refractivity contribution < 1.29 is 15.0 Å². The van der Waals surface area contributed by atoms with Crippen molar-refractivity contribution in [3.63, 3.8) is 0 Å². The maximum absolute atomic E-state index is 11.3. The van der Waals surface area contributed by atoms with E-state index in [1.165, 1.54) is 11.3 Å². The van der Waals surface area contributed by atoms with E-state index < -0.39 is 12.1 Å². The lowest BCUT2D eigenvalue weighted by Crippen LogP contribution is -2.26. The van der Waals surface area contributed by atoms with Gasteiger partial charge in [0.15, 0.2) is 0 Å². The topological polar surface area (TPSA) is 81.6 Å². The largest absolute Gasteiger partial charge is 0.478 e. The van der Waals surface area contributed by atoms with Gasteiger partial charge in [0.2, 0.25) is 0 Å². The molecule has 0 spiro atoms. The molecule has 2 aromatic carbocycles. The second kappa shape index (κ2) is 9.71. The van der Waals surface area contributed by atoms with Gasteiger partial charge in [-0.2, -0.15) is 0 Å². The Labute approximate surface area is 172 Å². The summed E-state index contributed by atoms with van der Waals surface area (Å²) in [6.07, 6.45) is -0.615. The molecule has 0 aliphatic heterocycles. The number of hydrogen-bond donors (Lipinski definition) is 4. The normalized spacial score (nSPS) is 11.9. The quantitative estimate of drug-likeness (QED) is 0.386. The van der Waals surface area contributed by atoms with Crippen LogP contribution < -0.4 is 10.6 Å². The molecule has 3 aromatic rings. The first kappa shape index (κ1) is 20.4. The number of aliphatic hydroxyl groups excluding tert-OH is 1. The molecule has 0 bridgehead atoms. The Hall–Kier alpha value is -2.38. The molecule has 0 fully saturated rings. The van der Waals surface area contributed by atoms with Crippen LogP contribution in [0.4, 0.5) is 5.69 Å². The molecule has 28 heavy (non-hydrogen) atoms. The van der Waals surface area contributed by atoms with Crippen LogP contribution in [0.25, 0.3) is 10.4 Å². The molecule has 0 aliphatic carbocycles. The van der Waals surface area contributed by atoms with Gasteiger partial charge in [-0.3, -0.25) is 0 Å². The molecule has 0 saturated carbocycles. The zero-order valence-corrected chi connectivity index (χ0v) is 16.6. The lowest BCUT2D eigenvalue weighted by atomic mass is 10.1. The number of carbonyl (C=O) groups is 1. The van der Waals surface area contributed by atoms with Crippen LogP contribution in [-0.2, 0) is 0 Å². The first-order valence-electron chi connectivity index (χ1n) is 8.84. The highest BCUT2D eigenvalue weighted by Crippen LogP contribution is 2.31. The van der Waals surface area contributed by atoms with E-state index in [-0.39, 0.29) is 0 Å². The fourth-order valence-electron chi connectivity index (χ4n) is 2.84. The van der Waals surface area contributed by atoms with Gasteiger partial charge in [-0.15, -0.1) is 11.3 Å². The third-order valence-electron chi connectivity index (χ3n) is 4.22. The van der Waals surface area contributed by atoms with E-state index in [1.807, 2.05) is 36.4 Å². The monoisotopic (exact) mass is 416 g/mol. The minimum absolute atomic E-state index is 0.318. The number of carboxylic acid groups (broad SMARTS) is 1. The maximum atomic E-state index is 11.3. The molecule has 0 amide bonds. The summed E-state index contributed by atoms with van der Waals surface area (Å²) in [7, 11) is 0. The molecule has 0 aliphatic rings. The lowest BCUT2D eigenvalue weighted by Gasteiger charge is -2.13. The van der Waals surface area contributed by atoms with Crippen LogP contribution in [-0.4, -0.2) is 35.8 Å². The van der Waals surface area contributed by atoms with E-state index in [1.54, 1.807) is 23.6 Å². The second-order valence-electron chi connectivity index (χ2n) is 6.25. The predicted molar refractivity (Wildman–Crippen MR) is 114 cm³/mol. The summed E-state index contributed by atoms with van der Waals surface area (Å²) in [6.45, 7) is 1.77. The number of nitrogens with one attached hydrogen (secondary N) is 2. The molecule has 1 heterocycles. The van der Waals surface area contributed by atoms with Crippen LogP contribution in [0.15, 0.2) is 60.0 Å². The summed E-state index contributed by atoms with van der Waals surface area (Å²) in [5.41, 5.74) is 2.89. The van der Waals surface area contributed by atoms with Gasteiger partial charge >= 0.3 is 5.97 Å². The summed E-state index contributed by atoms with van der Waals surface area (Å²) < 4.78 is 0. The number of anilines is 1. The van der Waals surface area contributed by atoms with Gasteiger partial charge < -0.3 is 20.8 Å². The molecule has 0 radical (unpaired) electrons. The first-order valence-corrected chi connectivity index (χ1v) is 10.1. The Bertz CT molecular complexity index is 945. The van der Waals surface area contributed by atoms with Gasteiger partial charge in [0, 0.05) is 35.2 Å². The van der Waals surface area contributed by atoms with Crippen molar-refractivity contribution >= 4 is 34.6 Å². The van der Waals surface area contributed by atoms with Crippen LogP contribution in [0, 0.1) is 0 Å². The van der Waals surface area contributed by atoms with E-state index in [0.717, 1.165) is 21.7 Å². The molecule has 7 heteroatoms. The van der Waals surface area contributed by atoms with E-state index in [2.05, 4.69) is 10.6 Å². The summed E-state index contributed by atoms with van der Waals surface area (Å²) in [5.74, 6) is -0.919. The molecule has 3 rings (SSSR count). The van der Waals surface area contributed by atoms with Gasteiger partial charge in [0.05, 0.1) is 11.7 Å². The molecular formula is C21H21ClN2O3S. The van der Waals surface area contributed by atoms with Crippen LogP contribution >= 0.6 is 22.9 Å². The third-order valence-corrected chi connectivity index (χ3v) is 5.42. The number of hydrogen-bond acceptors (Lipinski definition) is 5. The number of aromatic carboxylic acids is 1. The number of halogens is 1. The Morgan fingerprint density at radius 3 is 2.71 bits per heavy atom. The fraction of sp³-hybridized carbons (Fsp3) is 0.190. The van der Waals surface area contributed by atoms with E-state index in [9.17, 15) is 15.0 Å². The second-order valence-corrected chi connectivity index (χ2v) is 7.60. The molecule has 0 saturated heterocycles. The SMILES string of the molecule is O=C(O)c1ccsc1-c1cccc(NCCNC[C@H](O)c2cccc(Cl)c2)c1. The van der Waals surface area contributed by atoms with E-state index in [0.29, 0.717) is 30.2 Å². The van der Waals surface area contributed by atoms with Crippen molar-refractivity contribution in [3.05, 3.63) is 76.1 Å². The molecule has 1 aromatic heterocycles. The van der Waals surface area contributed by atoms with Crippen molar-refractivity contribution in [2.24, 2.45) is 0 Å². The first-order chi connectivity index (χ1) is 13.5. The number of benzene rings is 2. The van der Waals surface area contributed by atoms with Crippen molar-refractivity contribution in [1.82, 2.24) is 5.32 Å². The van der Waals surface area contributed by atoms with Gasteiger partial charge in [0.1, 0.15) is 0 Å². The third kappa shape index (κ3) is 5.33. The van der Waals surface area contributed by atoms with Gasteiger partial charge in [0.25, 0.3) is 0 Å². The fourth-order valence-corrected chi connectivity index (χ4v) is 3.92. The van der Waals surface area contributed by atoms with Crippen LogP contribution in [0.2, 0.25) is 5.02 Å². The molecule has 146 valence electrons. The Balaban J connectivity index is 1.49. The minimum atomic E-state index is -0.919. The van der Waals surface area contributed by atoms with Crippen LogP contribution in [0.1, 0.15) is 22.0 Å². The van der Waals surface area contributed by atoms with Gasteiger partial charge in [-0.25, -0.2) is 4.79 Å². The smallest absolute Gasteiger partial charge is 0.337 e.